The van der Waals surface area contributed by atoms with Crippen LogP contribution in [0.5, 0.6) is 0 Å². The Bertz CT molecular complexity index is 1040. The molecule has 2 aromatic heterocycles. The molecule has 7 heteroatoms. The number of nitrogens with zero attached hydrogens (tertiary/aromatic N) is 3. The molecule has 140 valence electrons. The van der Waals surface area contributed by atoms with Crippen LogP contribution < -0.4 is 10.9 Å². The topological polar surface area (TPSA) is 76.9 Å². The first kappa shape index (κ1) is 19.0. The zero-order chi connectivity index (χ0) is 19.6. The minimum absolute atomic E-state index is 0.160. The van der Waals surface area contributed by atoms with E-state index in [1.54, 1.807) is 14.0 Å². The van der Waals surface area contributed by atoms with Crippen LogP contribution >= 0.6 is 11.3 Å². The lowest BCUT2D eigenvalue weighted by molar-refractivity contribution is 0.0957. The second-order valence-electron chi connectivity index (χ2n) is 6.44. The van der Waals surface area contributed by atoms with E-state index in [0.717, 1.165) is 17.7 Å². The molecule has 2 heterocycles. The van der Waals surface area contributed by atoms with Gasteiger partial charge in [0, 0.05) is 13.6 Å². The molecular weight excluding hydrogens is 360 g/mol. The van der Waals surface area contributed by atoms with Crippen molar-refractivity contribution in [1.29, 1.82) is 0 Å². The molecule has 0 fully saturated rings. The van der Waals surface area contributed by atoms with E-state index >= 15 is 0 Å². The minimum atomic E-state index is -0.206. The first-order valence-corrected chi connectivity index (χ1v) is 9.54. The number of amides is 1. The predicted molar refractivity (Wildman–Crippen MR) is 107 cm³/mol. The molecule has 1 N–H and O–H groups in total. The molecule has 0 radical (unpaired) electrons. The Morgan fingerprint density at radius 3 is 2.56 bits per heavy atom. The van der Waals surface area contributed by atoms with Crippen molar-refractivity contribution < 1.29 is 4.79 Å². The number of aryl methyl sites for hydroxylation is 3. The van der Waals surface area contributed by atoms with Gasteiger partial charge in [-0.15, -0.1) is 11.3 Å². The molecule has 3 aromatic rings. The second kappa shape index (κ2) is 7.84. The minimum Gasteiger partial charge on any atom is -0.351 e. The summed E-state index contributed by atoms with van der Waals surface area (Å²) in [5.41, 5.74) is 3.68. The van der Waals surface area contributed by atoms with Gasteiger partial charge in [0.05, 0.1) is 17.0 Å². The number of aromatic nitrogens is 3. The van der Waals surface area contributed by atoms with Gasteiger partial charge in [-0.05, 0) is 38.3 Å². The maximum absolute atomic E-state index is 12.6. The van der Waals surface area contributed by atoms with Crippen molar-refractivity contribution in [3.8, 4) is 10.6 Å². The third kappa shape index (κ3) is 3.98. The van der Waals surface area contributed by atoms with E-state index in [4.69, 9.17) is 0 Å². The Balaban J connectivity index is 1.81. The van der Waals surface area contributed by atoms with Gasteiger partial charge in [0.25, 0.3) is 11.5 Å². The fraction of sp³-hybridized carbons (Fsp3) is 0.300. The number of carbonyl (C=O) groups is 1. The Morgan fingerprint density at radius 1 is 1.15 bits per heavy atom. The van der Waals surface area contributed by atoms with Gasteiger partial charge in [-0.1, -0.05) is 30.3 Å². The van der Waals surface area contributed by atoms with Gasteiger partial charge in [0.2, 0.25) is 0 Å². The van der Waals surface area contributed by atoms with Gasteiger partial charge in [-0.25, -0.2) is 9.67 Å². The standard InChI is InChI=1S/C20H22N4O2S/c1-12-13(2)23-24(4)20(26)16(12)19-22-14(3)17(27-19)18(25)21-11-10-15-8-6-5-7-9-15/h5-9H,10-11H2,1-4H3,(H,21,25). The molecule has 1 aromatic carbocycles. The SMILES string of the molecule is Cc1nc(-c2c(C)c(C)nn(C)c2=O)sc1C(=O)NCCc1ccccc1. The van der Waals surface area contributed by atoms with E-state index in [9.17, 15) is 9.59 Å². The number of hydrogen-bond acceptors (Lipinski definition) is 5. The Labute approximate surface area is 161 Å². The quantitative estimate of drug-likeness (QED) is 0.736. The van der Waals surface area contributed by atoms with Crippen LogP contribution in [0.2, 0.25) is 0 Å². The molecule has 0 saturated heterocycles. The van der Waals surface area contributed by atoms with Crippen molar-refractivity contribution in [2.45, 2.75) is 27.2 Å². The number of carbonyl (C=O) groups excluding carboxylic acids is 1. The smallest absolute Gasteiger partial charge is 0.277 e. The summed E-state index contributed by atoms with van der Waals surface area (Å²) in [6.07, 6.45) is 0.764. The molecule has 0 spiro atoms. The summed E-state index contributed by atoms with van der Waals surface area (Å²) in [6.45, 7) is 6.05. The van der Waals surface area contributed by atoms with E-state index in [1.165, 1.54) is 21.6 Å². The van der Waals surface area contributed by atoms with E-state index in [-0.39, 0.29) is 11.5 Å². The third-order valence-corrected chi connectivity index (χ3v) is 5.66. The largest absolute Gasteiger partial charge is 0.351 e. The van der Waals surface area contributed by atoms with Crippen LogP contribution in [0.1, 0.15) is 32.2 Å². The molecule has 0 aliphatic rings. The average Bonchev–Trinajstić information content (AvgIpc) is 3.02. The molecule has 6 nitrogen and oxygen atoms in total. The normalized spacial score (nSPS) is 10.8. The van der Waals surface area contributed by atoms with E-state index in [1.807, 2.05) is 44.2 Å². The van der Waals surface area contributed by atoms with E-state index in [0.29, 0.717) is 27.7 Å². The molecule has 1 amide bonds. The second-order valence-corrected chi connectivity index (χ2v) is 7.44. The van der Waals surface area contributed by atoms with Crippen molar-refractivity contribution in [2.75, 3.05) is 6.54 Å². The fourth-order valence-corrected chi connectivity index (χ4v) is 3.94. The Morgan fingerprint density at radius 2 is 1.85 bits per heavy atom. The maximum Gasteiger partial charge on any atom is 0.277 e. The lowest BCUT2D eigenvalue weighted by Crippen LogP contribution is -2.25. The van der Waals surface area contributed by atoms with Crippen LogP contribution in [0.3, 0.4) is 0 Å². The molecule has 0 aliphatic heterocycles. The molecule has 3 rings (SSSR count). The van der Waals surface area contributed by atoms with Crippen LogP contribution in [-0.4, -0.2) is 27.2 Å². The van der Waals surface area contributed by atoms with Gasteiger partial charge < -0.3 is 5.32 Å². The maximum atomic E-state index is 12.6. The van der Waals surface area contributed by atoms with Gasteiger partial charge in [-0.2, -0.15) is 5.10 Å². The number of nitrogens with one attached hydrogen (secondary N) is 1. The van der Waals surface area contributed by atoms with Crippen molar-refractivity contribution in [3.63, 3.8) is 0 Å². The lowest BCUT2D eigenvalue weighted by atomic mass is 10.1. The van der Waals surface area contributed by atoms with E-state index in [2.05, 4.69) is 15.4 Å². The first-order chi connectivity index (χ1) is 12.9. The number of thiazole rings is 1. The number of benzene rings is 1. The van der Waals surface area contributed by atoms with Crippen LogP contribution in [0.25, 0.3) is 10.6 Å². The summed E-state index contributed by atoms with van der Waals surface area (Å²) in [7, 11) is 1.62. The summed E-state index contributed by atoms with van der Waals surface area (Å²) in [5.74, 6) is -0.160. The molecule has 0 atom stereocenters. The predicted octanol–water partition coefficient (Wildman–Crippen LogP) is 2.80. The summed E-state index contributed by atoms with van der Waals surface area (Å²) >= 11 is 1.25. The Kier molecular flexibility index (Phi) is 5.51. The highest BCUT2D eigenvalue weighted by atomic mass is 32.1. The van der Waals surface area contributed by atoms with Crippen LogP contribution in [0.15, 0.2) is 35.1 Å². The number of hydrogen-bond donors (Lipinski definition) is 1. The first-order valence-electron chi connectivity index (χ1n) is 8.73. The van der Waals surface area contributed by atoms with Crippen LogP contribution in [-0.2, 0) is 13.5 Å². The lowest BCUT2D eigenvalue weighted by Gasteiger charge is -2.07. The molecule has 0 unspecified atom stereocenters. The summed E-state index contributed by atoms with van der Waals surface area (Å²) in [4.78, 5) is 30.1. The summed E-state index contributed by atoms with van der Waals surface area (Å²) in [6, 6.07) is 10.0. The Hall–Kier alpha value is -2.80. The highest BCUT2D eigenvalue weighted by Gasteiger charge is 2.20. The van der Waals surface area contributed by atoms with Crippen molar-refractivity contribution in [3.05, 3.63) is 68.1 Å². The van der Waals surface area contributed by atoms with Crippen LogP contribution in [0.4, 0.5) is 0 Å². The molecule has 0 bridgehead atoms. The zero-order valence-electron chi connectivity index (χ0n) is 15.9. The van der Waals surface area contributed by atoms with E-state index < -0.39 is 0 Å². The van der Waals surface area contributed by atoms with Crippen molar-refractivity contribution in [2.24, 2.45) is 7.05 Å². The summed E-state index contributed by atoms with van der Waals surface area (Å²) in [5, 5.41) is 7.69. The fourth-order valence-electron chi connectivity index (χ4n) is 2.86. The average molecular weight is 382 g/mol. The van der Waals surface area contributed by atoms with Gasteiger partial charge in [0.1, 0.15) is 9.88 Å². The highest BCUT2D eigenvalue weighted by Crippen LogP contribution is 2.28. The molecule has 0 aliphatic carbocycles. The van der Waals surface area contributed by atoms with Crippen LogP contribution in [0, 0.1) is 20.8 Å². The van der Waals surface area contributed by atoms with Gasteiger partial charge >= 0.3 is 0 Å². The van der Waals surface area contributed by atoms with Crippen molar-refractivity contribution in [1.82, 2.24) is 20.1 Å². The highest BCUT2D eigenvalue weighted by molar-refractivity contribution is 7.17. The molecule has 0 saturated carbocycles. The van der Waals surface area contributed by atoms with Crippen molar-refractivity contribution >= 4 is 17.2 Å². The zero-order valence-corrected chi connectivity index (χ0v) is 16.7. The van der Waals surface area contributed by atoms with Gasteiger partial charge in [-0.3, -0.25) is 9.59 Å². The monoisotopic (exact) mass is 382 g/mol. The van der Waals surface area contributed by atoms with Gasteiger partial charge in [0.15, 0.2) is 0 Å². The summed E-state index contributed by atoms with van der Waals surface area (Å²) < 4.78 is 1.31. The molecule has 27 heavy (non-hydrogen) atoms. The molecular formula is C20H22N4O2S. The number of rotatable bonds is 5. The third-order valence-electron chi connectivity index (χ3n) is 4.48.